The van der Waals surface area contributed by atoms with Crippen molar-refractivity contribution in [1.82, 2.24) is 4.57 Å². The fourth-order valence-electron chi connectivity index (χ4n) is 3.08. The molecule has 0 amide bonds. The lowest BCUT2D eigenvalue weighted by Gasteiger charge is -2.42. The lowest BCUT2D eigenvalue weighted by molar-refractivity contribution is 0.525. The second-order valence-corrected chi connectivity index (χ2v) is 11.5. The summed E-state index contributed by atoms with van der Waals surface area (Å²) < 4.78 is 2.62. The van der Waals surface area contributed by atoms with E-state index in [4.69, 9.17) is 0 Å². The van der Waals surface area contributed by atoms with E-state index in [0.717, 1.165) is 17.8 Å². The van der Waals surface area contributed by atoms with Crippen molar-refractivity contribution < 1.29 is 0 Å². The molecule has 0 fully saturated rings. The van der Waals surface area contributed by atoms with Crippen LogP contribution in [0.15, 0.2) is 0 Å². The molecular formula is C14H33NSi. The maximum absolute atomic E-state index is 2.62. The first-order chi connectivity index (χ1) is 7.19. The molecule has 0 saturated heterocycles. The highest BCUT2D eigenvalue weighted by molar-refractivity contribution is 6.77. The Morgan fingerprint density at radius 2 is 0.938 bits per heavy atom. The van der Waals surface area contributed by atoms with Crippen molar-refractivity contribution in [3.8, 4) is 0 Å². The third kappa shape index (κ3) is 5.49. The first-order valence-electron chi connectivity index (χ1n) is 6.87. The fraction of sp³-hybridized carbons (Fsp3) is 1.00. The molecule has 0 aromatic carbocycles. The van der Waals surface area contributed by atoms with Gasteiger partial charge in [-0.2, -0.15) is 0 Å². The van der Waals surface area contributed by atoms with Crippen LogP contribution in [-0.4, -0.2) is 26.9 Å². The average Bonchev–Trinajstić information content (AvgIpc) is 1.98. The Kier molecular flexibility index (Phi) is 6.88. The number of hydrogen-bond acceptors (Lipinski definition) is 1. The Hall–Kier alpha value is 0.177. The van der Waals surface area contributed by atoms with Crippen LogP contribution in [-0.2, 0) is 0 Å². The van der Waals surface area contributed by atoms with E-state index in [1.807, 2.05) is 0 Å². The third-order valence-corrected chi connectivity index (χ3v) is 9.94. The summed E-state index contributed by atoms with van der Waals surface area (Å²) in [5, 5.41) is 0. The Balaban J connectivity index is 4.88. The minimum Gasteiger partial charge on any atom is -0.329 e. The van der Waals surface area contributed by atoms with E-state index >= 15 is 0 Å². The van der Waals surface area contributed by atoms with Crippen LogP contribution in [0.5, 0.6) is 0 Å². The molecule has 0 bridgehead atoms. The molecule has 0 rings (SSSR count). The molecule has 0 spiro atoms. The van der Waals surface area contributed by atoms with Gasteiger partial charge in [0.2, 0.25) is 0 Å². The molecule has 16 heavy (non-hydrogen) atoms. The molecule has 1 nitrogen and oxygen atoms in total. The highest BCUT2D eigenvalue weighted by Crippen LogP contribution is 2.33. The standard InChI is InChI=1S/C14H33NSi/c1-12(2)9-16(15(7)8,10-13(3)4)11-14(5)6/h12-14H,9-11H2,1-8H3. The van der Waals surface area contributed by atoms with Crippen molar-refractivity contribution in [1.29, 1.82) is 0 Å². The van der Waals surface area contributed by atoms with Crippen molar-refractivity contribution in [3.63, 3.8) is 0 Å². The van der Waals surface area contributed by atoms with Crippen LogP contribution in [0.4, 0.5) is 0 Å². The SMILES string of the molecule is CC(C)C[Si](CC(C)C)(CC(C)C)N(C)C. The van der Waals surface area contributed by atoms with E-state index in [2.05, 4.69) is 60.2 Å². The van der Waals surface area contributed by atoms with Gasteiger partial charge in [-0.25, -0.2) is 0 Å². The van der Waals surface area contributed by atoms with Gasteiger partial charge in [-0.05, 0) is 50.0 Å². The van der Waals surface area contributed by atoms with Crippen LogP contribution in [0.25, 0.3) is 0 Å². The lowest BCUT2D eigenvalue weighted by atomic mass is 10.2. The summed E-state index contributed by atoms with van der Waals surface area (Å²) in [6, 6.07) is 4.36. The molecule has 0 aliphatic rings. The minimum absolute atomic E-state index is 0.839. The number of rotatable bonds is 7. The zero-order chi connectivity index (χ0) is 12.9. The van der Waals surface area contributed by atoms with Crippen molar-refractivity contribution in [2.45, 2.75) is 59.7 Å². The molecule has 98 valence electrons. The van der Waals surface area contributed by atoms with Gasteiger partial charge in [0.05, 0.1) is 0 Å². The van der Waals surface area contributed by atoms with Gasteiger partial charge in [0.1, 0.15) is 8.24 Å². The van der Waals surface area contributed by atoms with Gasteiger partial charge in [0, 0.05) is 0 Å². The number of hydrogen-bond donors (Lipinski definition) is 0. The van der Waals surface area contributed by atoms with Crippen molar-refractivity contribution in [2.24, 2.45) is 17.8 Å². The second kappa shape index (κ2) is 6.80. The van der Waals surface area contributed by atoms with E-state index in [9.17, 15) is 0 Å². The summed E-state index contributed by atoms with van der Waals surface area (Å²) in [6.45, 7) is 14.3. The van der Waals surface area contributed by atoms with Gasteiger partial charge in [-0.15, -0.1) is 0 Å². The van der Waals surface area contributed by atoms with Gasteiger partial charge < -0.3 is 4.57 Å². The Morgan fingerprint density at radius 3 is 1.06 bits per heavy atom. The smallest absolute Gasteiger partial charge is 0.128 e. The molecule has 0 aliphatic heterocycles. The molecule has 2 heteroatoms. The van der Waals surface area contributed by atoms with Crippen molar-refractivity contribution in [3.05, 3.63) is 0 Å². The largest absolute Gasteiger partial charge is 0.329 e. The fourth-order valence-corrected chi connectivity index (χ4v) is 9.23. The highest BCUT2D eigenvalue weighted by Gasteiger charge is 2.37. The maximum atomic E-state index is 2.62. The molecule has 0 saturated carbocycles. The molecule has 0 unspecified atom stereocenters. The van der Waals surface area contributed by atoms with E-state index in [-0.39, 0.29) is 0 Å². The Bertz CT molecular complexity index is 159. The van der Waals surface area contributed by atoms with E-state index < -0.39 is 8.24 Å². The average molecular weight is 244 g/mol. The molecule has 0 heterocycles. The van der Waals surface area contributed by atoms with Crippen molar-refractivity contribution >= 4 is 8.24 Å². The highest BCUT2D eigenvalue weighted by atomic mass is 28.3. The summed E-state index contributed by atoms with van der Waals surface area (Å²) in [7, 11) is 3.41. The normalized spacial score (nSPS) is 13.5. The van der Waals surface area contributed by atoms with Crippen LogP contribution in [0.2, 0.25) is 18.1 Å². The Morgan fingerprint density at radius 1 is 0.688 bits per heavy atom. The van der Waals surface area contributed by atoms with Crippen LogP contribution in [0.3, 0.4) is 0 Å². The van der Waals surface area contributed by atoms with E-state index in [1.165, 1.54) is 18.1 Å². The Labute approximate surface area is 105 Å². The molecule has 0 aromatic heterocycles. The van der Waals surface area contributed by atoms with E-state index in [0.29, 0.717) is 0 Å². The van der Waals surface area contributed by atoms with Gasteiger partial charge in [-0.1, -0.05) is 41.5 Å². The summed E-state index contributed by atoms with van der Waals surface area (Å²) in [5.41, 5.74) is 0. The maximum Gasteiger partial charge on any atom is 0.128 e. The summed E-state index contributed by atoms with van der Waals surface area (Å²) in [5.74, 6) is 2.52. The van der Waals surface area contributed by atoms with Crippen LogP contribution in [0.1, 0.15) is 41.5 Å². The minimum atomic E-state index is -1.23. The lowest BCUT2D eigenvalue weighted by Crippen LogP contribution is -2.52. The number of nitrogens with zero attached hydrogens (tertiary/aromatic N) is 1. The topological polar surface area (TPSA) is 3.24 Å². The monoisotopic (exact) mass is 243 g/mol. The van der Waals surface area contributed by atoms with Gasteiger partial charge in [0.15, 0.2) is 0 Å². The van der Waals surface area contributed by atoms with Crippen LogP contribution in [0, 0.1) is 17.8 Å². The zero-order valence-corrected chi connectivity index (χ0v) is 13.8. The van der Waals surface area contributed by atoms with Gasteiger partial charge in [0.25, 0.3) is 0 Å². The predicted molar refractivity (Wildman–Crippen MR) is 78.4 cm³/mol. The summed E-state index contributed by atoms with van der Waals surface area (Å²) in [6.07, 6.45) is 0. The van der Waals surface area contributed by atoms with Crippen LogP contribution >= 0.6 is 0 Å². The molecule has 0 atom stereocenters. The zero-order valence-electron chi connectivity index (χ0n) is 12.8. The van der Waals surface area contributed by atoms with Gasteiger partial charge in [-0.3, -0.25) is 0 Å². The summed E-state index contributed by atoms with van der Waals surface area (Å²) in [4.78, 5) is 0. The van der Waals surface area contributed by atoms with Crippen LogP contribution < -0.4 is 0 Å². The predicted octanol–water partition coefficient (Wildman–Crippen LogP) is 4.46. The quantitative estimate of drug-likeness (QED) is 0.597. The molecule has 0 aromatic rings. The molecular weight excluding hydrogens is 210 g/mol. The third-order valence-electron chi connectivity index (χ3n) is 3.31. The van der Waals surface area contributed by atoms with E-state index in [1.54, 1.807) is 0 Å². The molecule has 0 aliphatic carbocycles. The van der Waals surface area contributed by atoms with Gasteiger partial charge >= 0.3 is 0 Å². The second-order valence-electron chi connectivity index (χ2n) is 6.91. The first kappa shape index (κ1) is 16.2. The molecule has 0 radical (unpaired) electrons. The molecule has 0 N–H and O–H groups in total. The summed E-state index contributed by atoms with van der Waals surface area (Å²) >= 11 is 0. The first-order valence-corrected chi connectivity index (χ1v) is 9.44. The van der Waals surface area contributed by atoms with Crippen molar-refractivity contribution in [2.75, 3.05) is 14.1 Å².